The van der Waals surface area contributed by atoms with Crippen LogP contribution in [0.5, 0.6) is 5.75 Å². The molecule has 1 amide bonds. The Morgan fingerprint density at radius 1 is 0.964 bits per heavy atom. The molecule has 0 bridgehead atoms. The minimum atomic E-state index is -0.741. The van der Waals surface area contributed by atoms with Crippen LogP contribution in [0.2, 0.25) is 0 Å². The molecule has 148 valence electrons. The van der Waals surface area contributed by atoms with Crippen molar-refractivity contribution in [2.24, 2.45) is 0 Å². The third-order valence-electron chi connectivity index (χ3n) is 4.06. The van der Waals surface area contributed by atoms with E-state index < -0.39 is 6.10 Å². The van der Waals surface area contributed by atoms with Crippen molar-refractivity contribution in [1.82, 2.24) is 0 Å². The highest BCUT2D eigenvalue weighted by Gasteiger charge is 2.15. The van der Waals surface area contributed by atoms with Crippen LogP contribution in [0.3, 0.4) is 0 Å². The standard InChI is InChI=1S/C22H25NO5/c1-4-5-14-27-22(26)18-8-12-20(13-9-18)28-16(3)21(25)23-19-10-6-17(7-11-19)15(2)24/h6-13,16H,4-5,14H2,1-3H3,(H,23,25)/t16-/m1/s1. The molecule has 2 rings (SSSR count). The van der Waals surface area contributed by atoms with Gasteiger partial charge in [0.2, 0.25) is 0 Å². The van der Waals surface area contributed by atoms with Gasteiger partial charge in [-0.05, 0) is 68.8 Å². The molecule has 0 aliphatic rings. The van der Waals surface area contributed by atoms with Crippen LogP contribution in [-0.4, -0.2) is 30.4 Å². The molecule has 0 fully saturated rings. The van der Waals surface area contributed by atoms with Crippen LogP contribution in [-0.2, 0) is 9.53 Å². The zero-order valence-corrected chi connectivity index (χ0v) is 16.4. The van der Waals surface area contributed by atoms with Crippen LogP contribution in [0, 0.1) is 0 Å². The molecular formula is C22H25NO5. The fraction of sp³-hybridized carbons (Fsp3) is 0.318. The lowest BCUT2D eigenvalue weighted by Gasteiger charge is -2.15. The third-order valence-corrected chi connectivity index (χ3v) is 4.06. The summed E-state index contributed by atoms with van der Waals surface area (Å²) in [5.41, 5.74) is 1.59. The van der Waals surface area contributed by atoms with Crippen molar-refractivity contribution >= 4 is 23.3 Å². The molecule has 2 aromatic rings. The number of ketones is 1. The minimum absolute atomic E-state index is 0.0349. The van der Waals surface area contributed by atoms with E-state index in [-0.39, 0.29) is 17.7 Å². The predicted octanol–water partition coefficient (Wildman–Crippen LogP) is 4.25. The van der Waals surface area contributed by atoms with Gasteiger partial charge in [-0.15, -0.1) is 0 Å². The fourth-order valence-electron chi connectivity index (χ4n) is 2.35. The van der Waals surface area contributed by atoms with E-state index in [2.05, 4.69) is 5.32 Å². The first-order valence-electron chi connectivity index (χ1n) is 9.26. The first-order chi connectivity index (χ1) is 13.4. The largest absolute Gasteiger partial charge is 0.481 e. The van der Waals surface area contributed by atoms with E-state index in [9.17, 15) is 14.4 Å². The predicted molar refractivity (Wildman–Crippen MR) is 107 cm³/mol. The molecule has 0 spiro atoms. The lowest BCUT2D eigenvalue weighted by molar-refractivity contribution is -0.122. The summed E-state index contributed by atoms with van der Waals surface area (Å²) >= 11 is 0. The molecule has 0 heterocycles. The Balaban J connectivity index is 1.89. The average Bonchev–Trinajstić information content (AvgIpc) is 2.69. The van der Waals surface area contributed by atoms with Gasteiger partial charge in [0, 0.05) is 11.3 Å². The molecule has 0 aliphatic carbocycles. The number of nitrogens with one attached hydrogen (secondary N) is 1. The number of amides is 1. The second-order valence-electron chi connectivity index (χ2n) is 6.40. The zero-order valence-electron chi connectivity index (χ0n) is 16.4. The average molecular weight is 383 g/mol. The van der Waals surface area contributed by atoms with Gasteiger partial charge in [0.1, 0.15) is 5.75 Å². The van der Waals surface area contributed by atoms with Crippen LogP contribution >= 0.6 is 0 Å². The SMILES string of the molecule is CCCCOC(=O)c1ccc(O[C@H](C)C(=O)Nc2ccc(C(C)=O)cc2)cc1. The highest BCUT2D eigenvalue weighted by Crippen LogP contribution is 2.16. The summed E-state index contributed by atoms with van der Waals surface area (Å²) in [5.74, 6) is -0.259. The van der Waals surface area contributed by atoms with E-state index in [0.717, 1.165) is 12.8 Å². The number of hydrogen-bond donors (Lipinski definition) is 1. The van der Waals surface area contributed by atoms with Crippen molar-refractivity contribution in [3.05, 3.63) is 59.7 Å². The van der Waals surface area contributed by atoms with Crippen molar-refractivity contribution in [1.29, 1.82) is 0 Å². The van der Waals surface area contributed by atoms with Crippen LogP contribution in [0.15, 0.2) is 48.5 Å². The Labute approximate surface area is 164 Å². The zero-order chi connectivity index (χ0) is 20.5. The Hall–Kier alpha value is -3.15. The summed E-state index contributed by atoms with van der Waals surface area (Å²) in [6, 6.07) is 13.1. The lowest BCUT2D eigenvalue weighted by Crippen LogP contribution is -2.30. The van der Waals surface area contributed by atoms with Gasteiger partial charge in [0.15, 0.2) is 11.9 Å². The summed E-state index contributed by atoms with van der Waals surface area (Å²) in [6.07, 6.45) is 1.05. The number of Topliss-reactive ketones (excluding diaryl/α,β-unsaturated/α-hetero) is 1. The number of benzene rings is 2. The summed E-state index contributed by atoms with van der Waals surface area (Å²) < 4.78 is 10.8. The summed E-state index contributed by atoms with van der Waals surface area (Å²) in [7, 11) is 0. The summed E-state index contributed by atoms with van der Waals surface area (Å²) in [6.45, 7) is 5.54. The van der Waals surface area contributed by atoms with E-state index >= 15 is 0 Å². The van der Waals surface area contributed by atoms with Crippen molar-refractivity contribution in [3.8, 4) is 5.75 Å². The van der Waals surface area contributed by atoms with Gasteiger partial charge in [-0.2, -0.15) is 0 Å². The molecule has 1 atom stereocenters. The van der Waals surface area contributed by atoms with Crippen LogP contribution in [0.25, 0.3) is 0 Å². The molecule has 0 saturated carbocycles. The molecule has 28 heavy (non-hydrogen) atoms. The van der Waals surface area contributed by atoms with Crippen molar-refractivity contribution in [2.45, 2.75) is 39.7 Å². The molecule has 6 nitrogen and oxygen atoms in total. The van der Waals surface area contributed by atoms with Crippen molar-refractivity contribution < 1.29 is 23.9 Å². The fourth-order valence-corrected chi connectivity index (χ4v) is 2.35. The highest BCUT2D eigenvalue weighted by molar-refractivity contribution is 5.96. The molecule has 2 aromatic carbocycles. The van der Waals surface area contributed by atoms with Crippen molar-refractivity contribution in [2.75, 3.05) is 11.9 Å². The summed E-state index contributed by atoms with van der Waals surface area (Å²) in [5, 5.41) is 2.74. The van der Waals surface area contributed by atoms with Gasteiger partial charge in [0.05, 0.1) is 12.2 Å². The van der Waals surface area contributed by atoms with E-state index in [0.29, 0.717) is 29.2 Å². The number of hydrogen-bond acceptors (Lipinski definition) is 5. The molecule has 6 heteroatoms. The van der Waals surface area contributed by atoms with Gasteiger partial charge >= 0.3 is 5.97 Å². The third kappa shape index (κ3) is 6.23. The van der Waals surface area contributed by atoms with E-state index in [4.69, 9.17) is 9.47 Å². The van der Waals surface area contributed by atoms with E-state index in [1.807, 2.05) is 6.92 Å². The first-order valence-corrected chi connectivity index (χ1v) is 9.26. The monoisotopic (exact) mass is 383 g/mol. The number of rotatable bonds is 9. The maximum absolute atomic E-state index is 12.3. The smallest absolute Gasteiger partial charge is 0.338 e. The van der Waals surface area contributed by atoms with Crippen LogP contribution < -0.4 is 10.1 Å². The molecular weight excluding hydrogens is 358 g/mol. The Morgan fingerprint density at radius 3 is 2.14 bits per heavy atom. The Bertz CT molecular complexity index is 812. The topological polar surface area (TPSA) is 81.7 Å². The Kier molecular flexibility index (Phi) is 7.75. The number of esters is 1. The van der Waals surface area contributed by atoms with Crippen LogP contribution in [0.4, 0.5) is 5.69 Å². The molecule has 0 radical (unpaired) electrons. The number of anilines is 1. The summed E-state index contributed by atoms with van der Waals surface area (Å²) in [4.78, 5) is 35.4. The van der Waals surface area contributed by atoms with Crippen LogP contribution in [0.1, 0.15) is 54.3 Å². The van der Waals surface area contributed by atoms with Gasteiger partial charge in [-0.25, -0.2) is 4.79 Å². The molecule has 0 aliphatic heterocycles. The maximum atomic E-state index is 12.3. The lowest BCUT2D eigenvalue weighted by atomic mass is 10.1. The van der Waals surface area contributed by atoms with Gasteiger partial charge in [-0.1, -0.05) is 13.3 Å². The maximum Gasteiger partial charge on any atom is 0.338 e. The quantitative estimate of drug-likeness (QED) is 0.398. The van der Waals surface area contributed by atoms with Gasteiger partial charge in [0.25, 0.3) is 5.91 Å². The van der Waals surface area contributed by atoms with E-state index in [1.54, 1.807) is 55.5 Å². The second-order valence-corrected chi connectivity index (χ2v) is 6.40. The minimum Gasteiger partial charge on any atom is -0.481 e. The number of unbranched alkanes of at least 4 members (excludes halogenated alkanes) is 1. The highest BCUT2D eigenvalue weighted by atomic mass is 16.5. The van der Waals surface area contributed by atoms with Crippen molar-refractivity contribution in [3.63, 3.8) is 0 Å². The molecule has 0 saturated heterocycles. The molecule has 0 aromatic heterocycles. The number of carbonyl (C=O) groups excluding carboxylic acids is 3. The molecule has 0 unspecified atom stereocenters. The number of ether oxygens (including phenoxy) is 2. The molecule has 1 N–H and O–H groups in total. The van der Waals surface area contributed by atoms with E-state index in [1.165, 1.54) is 6.92 Å². The van der Waals surface area contributed by atoms with Gasteiger partial charge in [-0.3, -0.25) is 9.59 Å². The van der Waals surface area contributed by atoms with Gasteiger partial charge < -0.3 is 14.8 Å². The normalized spacial score (nSPS) is 11.4. The second kappa shape index (κ2) is 10.3. The Morgan fingerprint density at radius 2 is 1.57 bits per heavy atom. The first kappa shape index (κ1) is 21.2. The number of carbonyl (C=O) groups is 3.